The molecule has 0 radical (unpaired) electrons. The molecule has 0 aliphatic rings. The first-order chi connectivity index (χ1) is 33.8. The quantitative estimate of drug-likeness (QED) is 0.156. The van der Waals surface area contributed by atoms with Gasteiger partial charge in [0.2, 0.25) is 0 Å². The summed E-state index contributed by atoms with van der Waals surface area (Å²) in [5, 5.41) is 32.8. The molecule has 0 amide bonds. The van der Waals surface area contributed by atoms with Gasteiger partial charge in [-0.2, -0.15) is 42.1 Å². The summed E-state index contributed by atoms with van der Waals surface area (Å²) >= 11 is 0. The van der Waals surface area contributed by atoms with Crippen molar-refractivity contribution in [1.29, 1.82) is 15.8 Å². The van der Waals surface area contributed by atoms with Crippen LogP contribution in [0.25, 0.3) is 99.5 Å². The third-order valence-corrected chi connectivity index (χ3v) is 12.9. The molecule has 0 fully saturated rings. The SMILES string of the molecule is N#Cc1ccc(-c2ccc3c(c2)c2ccccc2n3-c2ccc(-c3cc(C(F)(F)F)cc(C(F)(F)F)c3)cc2-c2ccc(C#N)cc2-n2c3ccccc3c3cc(-c4ccc(C#N)cc4)ccc32)cc1. The van der Waals surface area contributed by atoms with E-state index in [1.54, 1.807) is 54.6 Å². The van der Waals surface area contributed by atoms with Crippen LogP contribution in [-0.2, 0) is 12.4 Å². The van der Waals surface area contributed by atoms with Gasteiger partial charge >= 0.3 is 12.4 Å². The third kappa shape index (κ3) is 7.36. The predicted molar refractivity (Wildman–Crippen MR) is 261 cm³/mol. The Bertz CT molecular complexity index is 4030. The highest BCUT2D eigenvalue weighted by atomic mass is 19.4. The largest absolute Gasteiger partial charge is 0.416 e. The summed E-state index contributed by atoms with van der Waals surface area (Å²) in [7, 11) is 0. The highest BCUT2D eigenvalue weighted by Gasteiger charge is 2.37. The maximum atomic E-state index is 14.4. The fourth-order valence-corrected chi connectivity index (χ4v) is 9.56. The van der Waals surface area contributed by atoms with Crippen LogP contribution in [0.5, 0.6) is 0 Å². The van der Waals surface area contributed by atoms with Crippen molar-refractivity contribution in [3.8, 4) is 74.1 Å². The van der Waals surface area contributed by atoms with Gasteiger partial charge in [-0.1, -0.05) is 84.9 Å². The van der Waals surface area contributed by atoms with Crippen LogP contribution in [0.15, 0.2) is 188 Å². The number of para-hydroxylation sites is 2. The lowest BCUT2D eigenvalue weighted by molar-refractivity contribution is -0.143. The summed E-state index contributed by atoms with van der Waals surface area (Å²) in [6.45, 7) is 0. The van der Waals surface area contributed by atoms with E-state index in [9.17, 15) is 42.1 Å². The highest BCUT2D eigenvalue weighted by Crippen LogP contribution is 2.45. The molecule has 0 aliphatic carbocycles. The molecular weight excluding hydrogens is 893 g/mol. The van der Waals surface area contributed by atoms with Gasteiger partial charge in [0.1, 0.15) is 0 Å². The summed E-state index contributed by atoms with van der Waals surface area (Å²) in [6, 6.07) is 60.3. The van der Waals surface area contributed by atoms with E-state index in [1.165, 1.54) is 6.07 Å². The molecule has 70 heavy (non-hydrogen) atoms. The Hall–Kier alpha value is -9.37. The molecule has 11 aromatic rings. The van der Waals surface area contributed by atoms with Crippen molar-refractivity contribution in [1.82, 2.24) is 9.13 Å². The number of benzene rings is 9. The summed E-state index contributed by atoms with van der Waals surface area (Å²) in [4.78, 5) is 0. The van der Waals surface area contributed by atoms with E-state index in [2.05, 4.69) is 30.3 Å². The molecule has 0 aliphatic heterocycles. The maximum absolute atomic E-state index is 14.4. The van der Waals surface area contributed by atoms with Crippen LogP contribution >= 0.6 is 0 Å². The zero-order valence-electron chi connectivity index (χ0n) is 36.4. The maximum Gasteiger partial charge on any atom is 0.416 e. The predicted octanol–water partition coefficient (Wildman–Crippen LogP) is 16.2. The van der Waals surface area contributed by atoms with E-state index in [0.717, 1.165) is 78.0 Å². The van der Waals surface area contributed by atoms with Gasteiger partial charge in [-0.05, 0) is 137 Å². The first-order valence-electron chi connectivity index (χ1n) is 21.9. The molecule has 0 bridgehead atoms. The minimum absolute atomic E-state index is 0.101. The average Bonchev–Trinajstić information content (AvgIpc) is 3.89. The van der Waals surface area contributed by atoms with Gasteiger partial charge in [0, 0.05) is 32.7 Å². The number of halogens is 6. The number of alkyl halides is 6. The van der Waals surface area contributed by atoms with Gasteiger partial charge in [0.15, 0.2) is 0 Å². The molecule has 0 atom stereocenters. The van der Waals surface area contributed by atoms with Crippen molar-refractivity contribution in [3.05, 3.63) is 216 Å². The van der Waals surface area contributed by atoms with Crippen LogP contribution in [0.1, 0.15) is 27.8 Å². The van der Waals surface area contributed by atoms with Crippen LogP contribution in [0.3, 0.4) is 0 Å². The molecule has 0 N–H and O–H groups in total. The zero-order valence-corrected chi connectivity index (χ0v) is 36.4. The molecule has 2 aromatic heterocycles. The molecule has 11 heteroatoms. The minimum atomic E-state index is -5.07. The van der Waals surface area contributed by atoms with Crippen LogP contribution < -0.4 is 0 Å². The summed E-state index contributed by atoms with van der Waals surface area (Å²) < 4.78 is 90.3. The van der Waals surface area contributed by atoms with Crippen molar-refractivity contribution < 1.29 is 26.3 Å². The lowest BCUT2D eigenvalue weighted by Crippen LogP contribution is -2.11. The van der Waals surface area contributed by atoms with E-state index in [-0.39, 0.29) is 17.2 Å². The molecule has 0 saturated heterocycles. The summed E-state index contributed by atoms with van der Waals surface area (Å²) in [5.41, 5.74) is 7.09. The molecule has 5 nitrogen and oxygen atoms in total. The fourth-order valence-electron chi connectivity index (χ4n) is 9.56. The van der Waals surface area contributed by atoms with Crippen LogP contribution in [0.4, 0.5) is 26.3 Å². The second-order valence-electron chi connectivity index (χ2n) is 16.9. The number of nitrogens with zero attached hydrogens (tertiary/aromatic N) is 5. The summed E-state index contributed by atoms with van der Waals surface area (Å²) in [6.07, 6.45) is -10.1. The van der Waals surface area contributed by atoms with Crippen molar-refractivity contribution >= 4 is 43.6 Å². The van der Waals surface area contributed by atoms with E-state index in [0.29, 0.717) is 39.2 Å². The lowest BCUT2D eigenvalue weighted by atomic mass is 9.93. The molecule has 11 rings (SSSR count). The number of aromatic nitrogens is 2. The van der Waals surface area contributed by atoms with E-state index in [1.807, 2.05) is 106 Å². The zero-order chi connectivity index (χ0) is 48.5. The lowest BCUT2D eigenvalue weighted by Gasteiger charge is -2.21. The van der Waals surface area contributed by atoms with Gasteiger partial charge in [0.25, 0.3) is 0 Å². The van der Waals surface area contributed by atoms with Crippen LogP contribution in [-0.4, -0.2) is 9.13 Å². The van der Waals surface area contributed by atoms with E-state index < -0.39 is 23.5 Å². The van der Waals surface area contributed by atoms with Gasteiger partial charge in [-0.3, -0.25) is 0 Å². The molecule has 0 unspecified atom stereocenters. The molecule has 334 valence electrons. The second-order valence-corrected chi connectivity index (χ2v) is 16.9. The first-order valence-corrected chi connectivity index (χ1v) is 21.9. The van der Waals surface area contributed by atoms with Gasteiger partial charge in [-0.25, -0.2) is 0 Å². The highest BCUT2D eigenvalue weighted by molar-refractivity contribution is 6.13. The Labute approximate surface area is 395 Å². The molecular formula is C59H31F6N5. The minimum Gasteiger partial charge on any atom is -0.309 e. The van der Waals surface area contributed by atoms with Gasteiger partial charge < -0.3 is 9.13 Å². The average molecular weight is 924 g/mol. The number of fused-ring (bicyclic) bond motifs is 6. The van der Waals surface area contributed by atoms with Crippen molar-refractivity contribution in [2.45, 2.75) is 12.4 Å². The number of rotatable bonds is 6. The molecule has 0 spiro atoms. The Morgan fingerprint density at radius 2 is 0.729 bits per heavy atom. The Kier molecular flexibility index (Phi) is 10.2. The van der Waals surface area contributed by atoms with Crippen LogP contribution in [0, 0.1) is 34.0 Å². The molecule has 9 aromatic carbocycles. The van der Waals surface area contributed by atoms with Gasteiger partial charge in [0.05, 0.1) is 79.5 Å². The monoisotopic (exact) mass is 923 g/mol. The number of nitriles is 3. The first kappa shape index (κ1) is 43.2. The smallest absolute Gasteiger partial charge is 0.309 e. The van der Waals surface area contributed by atoms with Crippen molar-refractivity contribution in [2.75, 3.05) is 0 Å². The molecule has 2 heterocycles. The van der Waals surface area contributed by atoms with Gasteiger partial charge in [-0.15, -0.1) is 0 Å². The summed E-state index contributed by atoms with van der Waals surface area (Å²) in [5.74, 6) is 0. The van der Waals surface area contributed by atoms with Crippen molar-refractivity contribution in [3.63, 3.8) is 0 Å². The third-order valence-electron chi connectivity index (χ3n) is 12.9. The Morgan fingerprint density at radius 1 is 0.314 bits per heavy atom. The van der Waals surface area contributed by atoms with Crippen LogP contribution in [0.2, 0.25) is 0 Å². The standard InChI is InChI=1S/C59H31F6N5/c60-58(61,62)44-26-43(27-45(31-44)59(63,64)65)42-20-24-55(69-52-7-3-1-5-46(52)49-28-40(18-22-54(49)69)38-14-9-35(32-66)10-15-38)51(30-42)48-21-13-37(34-68)25-57(48)70-53-8-4-2-6-47(53)50-29-41(19-23-56(50)70)39-16-11-36(33-67)12-17-39/h1-31H. The Morgan fingerprint density at radius 3 is 1.21 bits per heavy atom. The van der Waals surface area contributed by atoms with E-state index >= 15 is 0 Å². The number of hydrogen-bond acceptors (Lipinski definition) is 3. The van der Waals surface area contributed by atoms with E-state index in [4.69, 9.17) is 0 Å². The second kappa shape index (κ2) is 16.4. The topological polar surface area (TPSA) is 81.2 Å². The van der Waals surface area contributed by atoms with Crippen molar-refractivity contribution in [2.24, 2.45) is 0 Å². The normalized spacial score (nSPS) is 11.8. The fraction of sp³-hybridized carbons (Fsp3) is 0.0339. The molecule has 0 saturated carbocycles. The number of hydrogen-bond donors (Lipinski definition) is 0. The Balaban J connectivity index is 1.21.